The van der Waals surface area contributed by atoms with Crippen molar-refractivity contribution in [1.29, 1.82) is 0 Å². The molecular weight excluding hydrogens is 307 g/mol. The fraction of sp³-hybridized carbons (Fsp3) is 0.429. The van der Waals surface area contributed by atoms with Gasteiger partial charge in [0.05, 0.1) is 12.6 Å². The number of hydrogen-bond donors (Lipinski definition) is 1. The fourth-order valence-corrected chi connectivity index (χ4v) is 2.60. The number of nitrogens with two attached hydrogens (primary N) is 1. The molecule has 0 aliphatic carbocycles. The van der Waals surface area contributed by atoms with Gasteiger partial charge in [-0.2, -0.15) is 13.2 Å². The van der Waals surface area contributed by atoms with Gasteiger partial charge in [0, 0.05) is 11.1 Å². The van der Waals surface area contributed by atoms with Gasteiger partial charge in [-0.1, -0.05) is 12.1 Å². The van der Waals surface area contributed by atoms with Crippen molar-refractivity contribution < 1.29 is 26.6 Å². The highest BCUT2D eigenvalue weighted by molar-refractivity contribution is 5.65. The number of allylic oxidation sites excluding steroid dienone is 1. The quantitative estimate of drug-likeness (QED) is 0.516. The van der Waals surface area contributed by atoms with E-state index in [2.05, 4.69) is 0 Å². The first kappa shape index (κ1) is 16.9. The summed E-state index contributed by atoms with van der Waals surface area (Å²) in [5, 5.41) is 12.4. The van der Waals surface area contributed by atoms with E-state index in [0.29, 0.717) is 0 Å². The predicted molar refractivity (Wildman–Crippen MR) is 71.0 cm³/mol. The molecule has 0 bridgehead atoms. The van der Waals surface area contributed by atoms with Crippen molar-refractivity contribution >= 4 is 5.57 Å². The number of halogens is 5. The summed E-state index contributed by atoms with van der Waals surface area (Å²) in [5.41, 5.74) is 5.50. The number of hydroxylamine groups is 3. The highest BCUT2D eigenvalue weighted by Crippen LogP contribution is 2.32. The molecule has 0 saturated heterocycles. The van der Waals surface area contributed by atoms with Crippen molar-refractivity contribution in [2.24, 2.45) is 5.73 Å². The molecule has 0 radical (unpaired) electrons. The molecular formula is C14H15F5N2O. The second kappa shape index (κ2) is 5.94. The molecule has 1 heterocycles. The van der Waals surface area contributed by atoms with Crippen LogP contribution < -0.4 is 5.73 Å². The minimum atomic E-state index is -4.69. The Balaban J connectivity index is 2.45. The molecule has 1 aromatic carbocycles. The van der Waals surface area contributed by atoms with Gasteiger partial charge in [0.25, 0.3) is 0 Å². The summed E-state index contributed by atoms with van der Waals surface area (Å²) in [6, 6.07) is 2.63. The van der Waals surface area contributed by atoms with Gasteiger partial charge in [0.1, 0.15) is 6.20 Å². The van der Waals surface area contributed by atoms with Crippen LogP contribution in [0.1, 0.15) is 18.4 Å². The molecule has 0 spiro atoms. The minimum Gasteiger partial charge on any atom is -0.627 e. The summed E-state index contributed by atoms with van der Waals surface area (Å²) in [5.74, 6) is -2.30. The standard InChI is InChI=1S/C14H15F5N2O/c15-12-3-1-2-11(13(12)16)9-4-5-10(20)7-21(22,6-9)8-14(17,18)19/h1-3,6,10H,4-5,7-8,20H2. The summed E-state index contributed by atoms with van der Waals surface area (Å²) >= 11 is 0. The highest BCUT2D eigenvalue weighted by Gasteiger charge is 2.39. The van der Waals surface area contributed by atoms with Crippen molar-refractivity contribution in [2.75, 3.05) is 13.1 Å². The number of hydrogen-bond acceptors (Lipinski definition) is 2. The average Bonchev–Trinajstić information content (AvgIpc) is 2.49. The Morgan fingerprint density at radius 1 is 1.27 bits per heavy atom. The van der Waals surface area contributed by atoms with E-state index in [4.69, 9.17) is 5.73 Å². The lowest BCUT2D eigenvalue weighted by atomic mass is 10.0. The van der Waals surface area contributed by atoms with Gasteiger partial charge >= 0.3 is 6.18 Å². The van der Waals surface area contributed by atoms with E-state index in [-0.39, 0.29) is 24.0 Å². The van der Waals surface area contributed by atoms with Crippen LogP contribution in [0.15, 0.2) is 24.4 Å². The Morgan fingerprint density at radius 3 is 2.59 bits per heavy atom. The van der Waals surface area contributed by atoms with E-state index in [1.54, 1.807) is 0 Å². The molecule has 22 heavy (non-hydrogen) atoms. The maximum absolute atomic E-state index is 13.8. The average molecular weight is 322 g/mol. The third-order valence-corrected chi connectivity index (χ3v) is 3.46. The summed E-state index contributed by atoms with van der Waals surface area (Å²) in [6.45, 7) is -2.11. The van der Waals surface area contributed by atoms with Crippen LogP contribution in [-0.2, 0) is 0 Å². The maximum Gasteiger partial charge on any atom is 0.438 e. The zero-order valence-electron chi connectivity index (χ0n) is 11.5. The van der Waals surface area contributed by atoms with Crippen molar-refractivity contribution in [2.45, 2.75) is 25.1 Å². The molecule has 1 aliphatic rings. The molecule has 0 aromatic heterocycles. The second-order valence-electron chi connectivity index (χ2n) is 5.46. The molecule has 0 saturated carbocycles. The highest BCUT2D eigenvalue weighted by atomic mass is 19.4. The van der Waals surface area contributed by atoms with Gasteiger partial charge < -0.3 is 15.6 Å². The largest absolute Gasteiger partial charge is 0.627 e. The van der Waals surface area contributed by atoms with Crippen LogP contribution in [0.4, 0.5) is 22.0 Å². The smallest absolute Gasteiger partial charge is 0.438 e. The summed E-state index contributed by atoms with van der Waals surface area (Å²) in [7, 11) is 0. The van der Waals surface area contributed by atoms with Gasteiger partial charge in [-0.15, -0.1) is 0 Å². The molecule has 122 valence electrons. The Morgan fingerprint density at radius 2 is 1.95 bits per heavy atom. The molecule has 2 rings (SSSR count). The van der Waals surface area contributed by atoms with Crippen LogP contribution in [0.3, 0.4) is 0 Å². The van der Waals surface area contributed by atoms with E-state index < -0.39 is 41.6 Å². The van der Waals surface area contributed by atoms with Crippen molar-refractivity contribution in [3.05, 3.63) is 46.8 Å². The normalized spacial score (nSPS) is 26.5. The van der Waals surface area contributed by atoms with Crippen molar-refractivity contribution in [3.63, 3.8) is 0 Å². The predicted octanol–water partition coefficient (Wildman–Crippen LogP) is 3.30. The number of benzene rings is 1. The first-order valence-electron chi connectivity index (χ1n) is 6.66. The van der Waals surface area contributed by atoms with E-state index in [1.807, 2.05) is 0 Å². The molecule has 2 N–H and O–H groups in total. The molecule has 1 aliphatic heterocycles. The van der Waals surface area contributed by atoms with E-state index in [9.17, 15) is 27.2 Å². The first-order chi connectivity index (χ1) is 10.1. The number of quaternary nitrogens is 1. The molecule has 3 nitrogen and oxygen atoms in total. The lowest BCUT2D eigenvalue weighted by Gasteiger charge is -2.40. The summed E-state index contributed by atoms with van der Waals surface area (Å²) in [4.78, 5) is 0. The van der Waals surface area contributed by atoms with Crippen LogP contribution in [0.5, 0.6) is 0 Å². The Hall–Kier alpha value is -1.51. The minimum absolute atomic E-state index is 0.0456. The van der Waals surface area contributed by atoms with E-state index in [1.165, 1.54) is 12.1 Å². The number of alkyl halides is 3. The SMILES string of the molecule is NC1CCC(c2cccc(F)c2F)=C[N+]([O-])(CC(F)(F)F)C1. The third kappa shape index (κ3) is 4.02. The summed E-state index contributed by atoms with van der Waals surface area (Å²) < 4.78 is 63.2. The van der Waals surface area contributed by atoms with Crippen molar-refractivity contribution in [1.82, 2.24) is 0 Å². The van der Waals surface area contributed by atoms with Gasteiger partial charge in [-0.25, -0.2) is 8.78 Å². The van der Waals surface area contributed by atoms with Crippen LogP contribution in [-0.4, -0.2) is 30.0 Å². The zero-order chi connectivity index (χ0) is 16.5. The monoisotopic (exact) mass is 322 g/mol. The molecule has 1 aromatic rings. The van der Waals surface area contributed by atoms with Gasteiger partial charge in [-0.3, -0.25) is 0 Å². The van der Waals surface area contributed by atoms with Crippen LogP contribution in [0.2, 0.25) is 0 Å². The Labute approximate surface area is 124 Å². The maximum atomic E-state index is 13.8. The molecule has 2 unspecified atom stereocenters. The fourth-order valence-electron chi connectivity index (χ4n) is 2.60. The third-order valence-electron chi connectivity index (χ3n) is 3.46. The van der Waals surface area contributed by atoms with Crippen LogP contribution in [0, 0.1) is 16.8 Å². The van der Waals surface area contributed by atoms with Gasteiger partial charge in [0.15, 0.2) is 18.2 Å². The number of nitrogens with zero attached hydrogens (tertiary/aromatic N) is 1. The van der Waals surface area contributed by atoms with Crippen LogP contribution in [0.25, 0.3) is 5.57 Å². The first-order valence-corrected chi connectivity index (χ1v) is 6.66. The van der Waals surface area contributed by atoms with E-state index >= 15 is 0 Å². The topological polar surface area (TPSA) is 49.1 Å². The zero-order valence-corrected chi connectivity index (χ0v) is 11.5. The Kier molecular flexibility index (Phi) is 4.55. The van der Waals surface area contributed by atoms with Crippen LogP contribution >= 0.6 is 0 Å². The van der Waals surface area contributed by atoms with Gasteiger partial charge in [-0.05, 0) is 18.9 Å². The molecule has 2 atom stereocenters. The van der Waals surface area contributed by atoms with Gasteiger partial charge in [0.2, 0.25) is 0 Å². The lowest BCUT2D eigenvalue weighted by molar-refractivity contribution is -0.841. The van der Waals surface area contributed by atoms with E-state index in [0.717, 1.165) is 12.3 Å². The molecule has 0 amide bonds. The summed E-state index contributed by atoms with van der Waals surface area (Å²) in [6.07, 6.45) is -3.55. The number of rotatable bonds is 2. The molecule has 0 fully saturated rings. The van der Waals surface area contributed by atoms with Crippen molar-refractivity contribution in [3.8, 4) is 0 Å². The molecule has 8 heteroatoms. The Bertz CT molecular complexity index is 587. The second-order valence-corrected chi connectivity index (χ2v) is 5.46. The lowest BCUT2D eigenvalue weighted by Crippen LogP contribution is -2.49.